The molecule has 0 amide bonds. The standard InChI is InChI=1S/C39H45N7O5S/c1-23-9-7-10-24(2)34(23)30-15-33(44-37(42-30)45-52(49,50)29-12-8-11-26(13-29)36(47)48)51-22-28(19-39-16-25(17-39)18-39)40-21-32-41-20-27-14-31(38(3,4)5)46(6)35(27)43-32/h7-15,20,25,28,40H,16-19,21-22H2,1-6H3,(H,47,48)(H,42,44,45)/t25?,28-,39?/m1/s1. The number of carbonyl (C=O) groups is 1. The number of carboxylic acids is 1. The number of aromatic carboxylic acids is 1. The summed E-state index contributed by atoms with van der Waals surface area (Å²) in [6.07, 6.45) is 6.50. The van der Waals surface area contributed by atoms with Gasteiger partial charge in [0.05, 0.1) is 22.7 Å². The van der Waals surface area contributed by atoms with Gasteiger partial charge in [-0.15, -0.1) is 0 Å². The van der Waals surface area contributed by atoms with E-state index in [2.05, 4.69) is 56.4 Å². The normalized spacial score (nSPS) is 18.8. The van der Waals surface area contributed by atoms with Crippen molar-refractivity contribution in [3.05, 3.63) is 89.0 Å². The molecule has 2 bridgehead atoms. The molecule has 0 saturated heterocycles. The Balaban J connectivity index is 1.15. The molecule has 1 atom stereocenters. The Bertz CT molecular complexity index is 2260. The number of benzene rings is 2. The number of sulfonamides is 1. The van der Waals surface area contributed by atoms with E-state index < -0.39 is 16.0 Å². The highest BCUT2D eigenvalue weighted by molar-refractivity contribution is 7.92. The first-order chi connectivity index (χ1) is 24.6. The van der Waals surface area contributed by atoms with Crippen LogP contribution in [0.25, 0.3) is 22.3 Å². The van der Waals surface area contributed by atoms with Crippen LogP contribution in [0, 0.1) is 25.2 Å². The van der Waals surface area contributed by atoms with E-state index in [9.17, 15) is 18.3 Å². The van der Waals surface area contributed by atoms with Gasteiger partial charge in [-0.1, -0.05) is 45.0 Å². The summed E-state index contributed by atoms with van der Waals surface area (Å²) in [6.45, 7) is 11.2. The molecule has 3 aliphatic rings. The maximum absolute atomic E-state index is 13.5. The number of nitrogens with one attached hydrogen (secondary N) is 2. The third kappa shape index (κ3) is 7.11. The van der Waals surface area contributed by atoms with Crippen LogP contribution in [-0.4, -0.2) is 56.6 Å². The van der Waals surface area contributed by atoms with Crippen LogP contribution in [0.4, 0.5) is 5.95 Å². The number of aryl methyl sites for hydroxylation is 3. The summed E-state index contributed by atoms with van der Waals surface area (Å²) in [7, 11) is -2.19. The molecule has 0 radical (unpaired) electrons. The zero-order valence-electron chi connectivity index (χ0n) is 30.4. The fourth-order valence-electron chi connectivity index (χ4n) is 7.86. The van der Waals surface area contributed by atoms with E-state index in [1.165, 1.54) is 43.2 Å². The van der Waals surface area contributed by atoms with Crippen molar-refractivity contribution in [2.45, 2.75) is 83.2 Å². The first kappa shape index (κ1) is 35.5. The number of carboxylic acid groups (broad SMARTS) is 1. The largest absolute Gasteiger partial charge is 0.478 e. The van der Waals surface area contributed by atoms with Crippen LogP contribution in [0.1, 0.15) is 79.5 Å². The van der Waals surface area contributed by atoms with Gasteiger partial charge in [0.25, 0.3) is 10.0 Å². The van der Waals surface area contributed by atoms with Crippen molar-refractivity contribution in [1.82, 2.24) is 29.8 Å². The van der Waals surface area contributed by atoms with Crippen LogP contribution in [0.15, 0.2) is 65.7 Å². The van der Waals surface area contributed by atoms with Crippen LogP contribution in [0.2, 0.25) is 0 Å². The van der Waals surface area contributed by atoms with E-state index in [1.807, 2.05) is 45.3 Å². The number of aromatic nitrogens is 5. The summed E-state index contributed by atoms with van der Waals surface area (Å²) in [4.78, 5) is 30.0. The van der Waals surface area contributed by atoms with Gasteiger partial charge >= 0.3 is 5.97 Å². The fourth-order valence-corrected chi connectivity index (χ4v) is 8.85. The van der Waals surface area contributed by atoms with Crippen molar-refractivity contribution in [3.63, 3.8) is 0 Å². The third-order valence-electron chi connectivity index (χ3n) is 10.5. The second-order valence-corrected chi connectivity index (χ2v) is 17.3. The van der Waals surface area contributed by atoms with Gasteiger partial charge in [0, 0.05) is 47.4 Å². The Hall–Kier alpha value is -4.88. The van der Waals surface area contributed by atoms with Crippen LogP contribution in [-0.2, 0) is 29.0 Å². The minimum atomic E-state index is -4.24. The first-order valence-electron chi connectivity index (χ1n) is 17.6. The van der Waals surface area contributed by atoms with E-state index in [1.54, 1.807) is 6.07 Å². The number of rotatable bonds is 13. The SMILES string of the molecule is Cc1cccc(C)c1-c1cc(OC[C@@H](CC23CC(C2)C3)NCc2ncc3cc(C(C)(C)C)n(C)c3n2)nc(NS(=O)(=O)c2cccc(C(=O)O)c2)n1. The number of nitrogens with zero attached hydrogens (tertiary/aromatic N) is 5. The molecule has 3 aromatic heterocycles. The second kappa shape index (κ2) is 13.3. The first-order valence-corrected chi connectivity index (χ1v) is 19.1. The molecule has 5 aromatic rings. The van der Waals surface area contributed by atoms with Crippen molar-refractivity contribution in [2.75, 3.05) is 11.3 Å². The van der Waals surface area contributed by atoms with E-state index >= 15 is 0 Å². The minimum absolute atomic E-state index is 0.0250. The molecule has 3 aliphatic carbocycles. The van der Waals surface area contributed by atoms with Crippen LogP contribution >= 0.6 is 0 Å². The van der Waals surface area contributed by atoms with Gasteiger partial charge in [-0.25, -0.2) is 32.9 Å². The molecule has 3 saturated carbocycles. The summed E-state index contributed by atoms with van der Waals surface area (Å²) in [6, 6.07) is 14.9. The van der Waals surface area contributed by atoms with Crippen molar-refractivity contribution < 1.29 is 23.1 Å². The average Bonchev–Trinajstić information content (AvgIpc) is 3.39. The highest BCUT2D eigenvalue weighted by atomic mass is 32.2. The quantitative estimate of drug-likeness (QED) is 0.121. The monoisotopic (exact) mass is 723 g/mol. The van der Waals surface area contributed by atoms with Crippen LogP contribution in [0.5, 0.6) is 5.88 Å². The number of hydrogen-bond acceptors (Lipinski definition) is 9. The Morgan fingerprint density at radius 2 is 1.75 bits per heavy atom. The topological polar surface area (TPSA) is 161 Å². The molecule has 272 valence electrons. The van der Waals surface area contributed by atoms with Gasteiger partial charge in [-0.05, 0) is 86.3 Å². The minimum Gasteiger partial charge on any atom is -0.478 e. The molecule has 3 heterocycles. The van der Waals surface area contributed by atoms with Gasteiger partial charge in [0.2, 0.25) is 11.8 Å². The van der Waals surface area contributed by atoms with E-state index in [0.717, 1.165) is 46.1 Å². The summed E-state index contributed by atoms with van der Waals surface area (Å²) in [5.41, 5.74) is 5.49. The predicted molar refractivity (Wildman–Crippen MR) is 199 cm³/mol. The van der Waals surface area contributed by atoms with Gasteiger partial charge in [-0.3, -0.25) is 0 Å². The molecule has 0 aliphatic heterocycles. The van der Waals surface area contributed by atoms with Crippen LogP contribution in [0.3, 0.4) is 0 Å². The van der Waals surface area contributed by atoms with Crippen molar-refractivity contribution in [2.24, 2.45) is 18.4 Å². The van der Waals surface area contributed by atoms with Crippen molar-refractivity contribution in [3.8, 4) is 17.1 Å². The molecule has 0 spiro atoms. The molecular formula is C39H45N7O5S. The Kier molecular flexibility index (Phi) is 9.06. The molecule has 12 nitrogen and oxygen atoms in total. The molecule has 8 rings (SSSR count). The molecule has 3 N–H and O–H groups in total. The van der Waals surface area contributed by atoms with Gasteiger partial charge in [-0.2, -0.15) is 4.98 Å². The van der Waals surface area contributed by atoms with Crippen molar-refractivity contribution >= 4 is 33.0 Å². The smallest absolute Gasteiger partial charge is 0.335 e. The zero-order chi connectivity index (χ0) is 37.0. The summed E-state index contributed by atoms with van der Waals surface area (Å²) in [5.74, 6) is 0.323. The lowest BCUT2D eigenvalue weighted by Gasteiger charge is -2.63. The number of fused-ring (bicyclic) bond motifs is 1. The molecule has 3 fully saturated rings. The van der Waals surface area contributed by atoms with Gasteiger partial charge in [0.1, 0.15) is 18.1 Å². The van der Waals surface area contributed by atoms with E-state index in [0.29, 0.717) is 23.5 Å². The van der Waals surface area contributed by atoms with Crippen LogP contribution < -0.4 is 14.8 Å². The summed E-state index contributed by atoms with van der Waals surface area (Å²) >= 11 is 0. The van der Waals surface area contributed by atoms with Crippen molar-refractivity contribution in [1.29, 1.82) is 0 Å². The van der Waals surface area contributed by atoms with Gasteiger partial charge < -0.3 is 19.7 Å². The number of hydrogen-bond donors (Lipinski definition) is 3. The number of anilines is 1. The highest BCUT2D eigenvalue weighted by Crippen LogP contribution is 2.66. The highest BCUT2D eigenvalue weighted by Gasteiger charge is 2.56. The molecule has 52 heavy (non-hydrogen) atoms. The van der Waals surface area contributed by atoms with E-state index in [-0.39, 0.29) is 40.4 Å². The second-order valence-electron chi connectivity index (χ2n) is 15.6. The lowest BCUT2D eigenvalue weighted by Crippen LogP contribution is -2.55. The maximum atomic E-state index is 13.5. The zero-order valence-corrected chi connectivity index (χ0v) is 31.2. The lowest BCUT2D eigenvalue weighted by atomic mass is 9.43. The molecule has 13 heteroatoms. The molecular weight excluding hydrogens is 679 g/mol. The molecule has 0 unspecified atom stereocenters. The average molecular weight is 724 g/mol. The summed E-state index contributed by atoms with van der Waals surface area (Å²) in [5, 5.41) is 14.1. The van der Waals surface area contributed by atoms with E-state index in [4.69, 9.17) is 9.72 Å². The fraction of sp³-hybridized carbons (Fsp3) is 0.410. The Morgan fingerprint density at radius 1 is 1.04 bits per heavy atom. The Morgan fingerprint density at radius 3 is 2.40 bits per heavy atom. The Labute approximate surface area is 304 Å². The van der Waals surface area contributed by atoms with Gasteiger partial charge in [0.15, 0.2) is 0 Å². The molecule has 2 aromatic carbocycles. The number of ether oxygens (including phenoxy) is 1. The predicted octanol–water partition coefficient (Wildman–Crippen LogP) is 6.57. The summed E-state index contributed by atoms with van der Waals surface area (Å²) < 4.78 is 37.9. The maximum Gasteiger partial charge on any atom is 0.335 e. The third-order valence-corrected chi connectivity index (χ3v) is 11.8. The lowest BCUT2D eigenvalue weighted by molar-refractivity contribution is -0.119.